The number of rotatable bonds is 14. The van der Waals surface area contributed by atoms with E-state index in [9.17, 15) is 13.0 Å². The smallest absolute Gasteiger partial charge is 0.748 e. The Kier molecular flexibility index (Phi) is 18.2. The van der Waals surface area contributed by atoms with Crippen molar-refractivity contribution in [2.45, 2.75) is 103 Å². The van der Waals surface area contributed by atoms with E-state index in [2.05, 4.69) is 6.92 Å². The molecule has 0 aliphatic heterocycles. The first kappa shape index (κ1) is 24.2. The second-order valence-corrected chi connectivity index (χ2v) is 7.77. The van der Waals surface area contributed by atoms with Gasteiger partial charge in [-0.1, -0.05) is 84.0 Å². The molecule has 1 atom stereocenters. The molecule has 3 nitrogen and oxygen atoms in total. The predicted octanol–water partition coefficient (Wildman–Crippen LogP) is 2.02. The summed E-state index contributed by atoms with van der Waals surface area (Å²) in [6.07, 6.45) is 15.7. The van der Waals surface area contributed by atoms with Gasteiger partial charge in [-0.25, -0.2) is 8.42 Å². The van der Waals surface area contributed by atoms with Crippen LogP contribution >= 0.6 is 0 Å². The van der Waals surface area contributed by atoms with Gasteiger partial charge in [-0.3, -0.25) is 0 Å². The van der Waals surface area contributed by atoms with Crippen LogP contribution in [0.5, 0.6) is 0 Å². The van der Waals surface area contributed by atoms with E-state index in [1.807, 2.05) is 0 Å². The molecule has 21 heavy (non-hydrogen) atoms. The largest absolute Gasteiger partial charge is 1.00 e. The molecule has 0 radical (unpaired) electrons. The molecule has 122 valence electrons. The van der Waals surface area contributed by atoms with E-state index in [1.165, 1.54) is 71.1 Å². The first-order chi connectivity index (χ1) is 9.48. The van der Waals surface area contributed by atoms with Crippen molar-refractivity contribution in [1.82, 2.24) is 0 Å². The van der Waals surface area contributed by atoms with Crippen molar-refractivity contribution in [3.8, 4) is 0 Å². The monoisotopic (exact) mass is 328 g/mol. The van der Waals surface area contributed by atoms with Crippen molar-refractivity contribution in [2.24, 2.45) is 0 Å². The van der Waals surface area contributed by atoms with E-state index >= 15 is 0 Å². The normalized spacial score (nSPS) is 12.9. The summed E-state index contributed by atoms with van der Waals surface area (Å²) in [4.78, 5) is 0. The van der Waals surface area contributed by atoms with Gasteiger partial charge in [-0.2, -0.15) is 0 Å². The van der Waals surface area contributed by atoms with Gasteiger partial charge in [0.05, 0.1) is 10.1 Å². The third-order valence-electron chi connectivity index (χ3n) is 3.96. The standard InChI is InChI=1S/C16H34O3S.Na/c1-3-4-5-6-7-8-9-10-11-12-13-14-15-16(2)20(17,18)19;/h16H,3-15H2,1-2H3,(H,17,18,19);/q;+1/p-1. The molecule has 0 aliphatic carbocycles. The zero-order valence-electron chi connectivity index (χ0n) is 14.4. The molecular formula is C16H33NaO3S. The van der Waals surface area contributed by atoms with Crippen molar-refractivity contribution in [3.05, 3.63) is 0 Å². The first-order valence-electron chi connectivity index (χ1n) is 8.43. The van der Waals surface area contributed by atoms with Crippen LogP contribution in [0.25, 0.3) is 0 Å². The van der Waals surface area contributed by atoms with E-state index in [-0.39, 0.29) is 29.6 Å². The Labute approximate surface area is 154 Å². The van der Waals surface area contributed by atoms with Gasteiger partial charge < -0.3 is 4.55 Å². The molecule has 5 heteroatoms. The Bertz CT molecular complexity index is 305. The van der Waals surface area contributed by atoms with Crippen molar-refractivity contribution >= 4 is 10.1 Å². The topological polar surface area (TPSA) is 57.2 Å². The fourth-order valence-corrected chi connectivity index (χ4v) is 2.87. The third kappa shape index (κ3) is 17.1. The number of hydrogen-bond acceptors (Lipinski definition) is 3. The van der Waals surface area contributed by atoms with Gasteiger partial charge in [0.1, 0.15) is 0 Å². The minimum absolute atomic E-state index is 0. The van der Waals surface area contributed by atoms with E-state index in [1.54, 1.807) is 0 Å². The maximum Gasteiger partial charge on any atom is 1.00 e. The third-order valence-corrected chi connectivity index (χ3v) is 5.18. The quantitative estimate of drug-likeness (QED) is 0.278. The Morgan fingerprint density at radius 1 is 0.762 bits per heavy atom. The molecule has 0 amide bonds. The fraction of sp³-hybridized carbons (Fsp3) is 1.00. The summed E-state index contributed by atoms with van der Waals surface area (Å²) in [5.74, 6) is 0. The molecule has 0 fully saturated rings. The van der Waals surface area contributed by atoms with Crippen molar-refractivity contribution < 1.29 is 42.5 Å². The van der Waals surface area contributed by atoms with Crippen LogP contribution in [-0.4, -0.2) is 18.2 Å². The average molecular weight is 328 g/mol. The molecule has 0 heterocycles. The van der Waals surface area contributed by atoms with Crippen LogP contribution in [0.15, 0.2) is 0 Å². The summed E-state index contributed by atoms with van der Waals surface area (Å²) in [5.41, 5.74) is 0. The van der Waals surface area contributed by atoms with Crippen LogP contribution in [0.3, 0.4) is 0 Å². The summed E-state index contributed by atoms with van der Waals surface area (Å²) in [6, 6.07) is 0. The van der Waals surface area contributed by atoms with Crippen LogP contribution in [0, 0.1) is 0 Å². The molecule has 0 aromatic heterocycles. The summed E-state index contributed by atoms with van der Waals surface area (Å²) in [5, 5.41) is -0.717. The van der Waals surface area contributed by atoms with Gasteiger partial charge in [-0.15, -0.1) is 0 Å². The van der Waals surface area contributed by atoms with Gasteiger partial charge in [0.15, 0.2) is 0 Å². The van der Waals surface area contributed by atoms with Crippen molar-refractivity contribution in [3.63, 3.8) is 0 Å². The van der Waals surface area contributed by atoms with Gasteiger partial charge in [0.25, 0.3) is 0 Å². The van der Waals surface area contributed by atoms with E-state index in [4.69, 9.17) is 0 Å². The zero-order valence-corrected chi connectivity index (χ0v) is 17.2. The molecule has 0 aromatic rings. The number of hydrogen-bond donors (Lipinski definition) is 0. The molecule has 0 spiro atoms. The molecular weight excluding hydrogens is 295 g/mol. The van der Waals surface area contributed by atoms with E-state index in [0.717, 1.165) is 12.8 Å². The van der Waals surface area contributed by atoms with Crippen LogP contribution < -0.4 is 29.6 Å². The van der Waals surface area contributed by atoms with Crippen LogP contribution in [0.2, 0.25) is 0 Å². The molecule has 0 N–H and O–H groups in total. The van der Waals surface area contributed by atoms with E-state index in [0.29, 0.717) is 6.42 Å². The molecule has 0 saturated carbocycles. The van der Waals surface area contributed by atoms with Crippen LogP contribution in [0.4, 0.5) is 0 Å². The molecule has 0 aliphatic rings. The molecule has 0 rings (SSSR count). The fourth-order valence-electron chi connectivity index (χ4n) is 2.42. The van der Waals surface area contributed by atoms with E-state index < -0.39 is 15.4 Å². The van der Waals surface area contributed by atoms with Gasteiger partial charge in [0.2, 0.25) is 0 Å². The second kappa shape index (κ2) is 15.8. The maximum atomic E-state index is 10.7. The summed E-state index contributed by atoms with van der Waals surface area (Å²) >= 11 is 0. The minimum Gasteiger partial charge on any atom is -0.748 e. The van der Waals surface area contributed by atoms with Crippen LogP contribution in [-0.2, 0) is 10.1 Å². The Hall–Kier alpha value is 0.910. The minimum atomic E-state index is -4.07. The molecule has 1 unspecified atom stereocenters. The SMILES string of the molecule is CCCCCCCCCCCCCCC(C)S(=O)(=O)[O-].[Na+]. The Balaban J connectivity index is 0. The average Bonchev–Trinajstić information content (AvgIpc) is 2.38. The summed E-state index contributed by atoms with van der Waals surface area (Å²) in [6.45, 7) is 3.76. The zero-order chi connectivity index (χ0) is 15.3. The van der Waals surface area contributed by atoms with Crippen LogP contribution in [0.1, 0.15) is 97.3 Å². The number of unbranched alkanes of at least 4 members (excludes halogenated alkanes) is 11. The Morgan fingerprint density at radius 3 is 1.43 bits per heavy atom. The van der Waals surface area contributed by atoms with Gasteiger partial charge in [-0.05, 0) is 13.3 Å². The second-order valence-electron chi connectivity index (χ2n) is 5.98. The molecule has 0 bridgehead atoms. The van der Waals surface area contributed by atoms with Crippen molar-refractivity contribution in [1.29, 1.82) is 0 Å². The Morgan fingerprint density at radius 2 is 1.10 bits per heavy atom. The summed E-state index contributed by atoms with van der Waals surface area (Å²) in [7, 11) is -4.07. The molecule has 0 aromatic carbocycles. The van der Waals surface area contributed by atoms with Crippen molar-refractivity contribution in [2.75, 3.05) is 0 Å². The van der Waals surface area contributed by atoms with Gasteiger partial charge >= 0.3 is 29.6 Å². The molecule has 0 saturated heterocycles. The van der Waals surface area contributed by atoms with Gasteiger partial charge in [0, 0.05) is 5.25 Å². The maximum absolute atomic E-state index is 10.7. The predicted molar refractivity (Wildman–Crippen MR) is 84.9 cm³/mol. The summed E-state index contributed by atoms with van der Waals surface area (Å²) < 4.78 is 32.1. The first-order valence-corrected chi connectivity index (χ1v) is 9.90.